The van der Waals surface area contributed by atoms with Crippen LogP contribution >= 0.6 is 0 Å². The number of methoxy groups -OCH3 is 1. The maximum atomic E-state index is 5.41. The first-order chi connectivity index (χ1) is 7.95. The highest BCUT2D eigenvalue weighted by molar-refractivity contribution is 4.89. The Morgan fingerprint density at radius 1 is 1.18 bits per heavy atom. The molecule has 1 saturated heterocycles. The zero-order valence-electron chi connectivity index (χ0n) is 12.4. The van der Waals surface area contributed by atoms with Crippen LogP contribution < -0.4 is 5.32 Å². The maximum absolute atomic E-state index is 5.41. The van der Waals surface area contributed by atoms with Crippen molar-refractivity contribution in [3.05, 3.63) is 0 Å². The van der Waals surface area contributed by atoms with Gasteiger partial charge in [0.2, 0.25) is 0 Å². The van der Waals surface area contributed by atoms with Crippen molar-refractivity contribution in [1.29, 1.82) is 0 Å². The van der Waals surface area contributed by atoms with Crippen LogP contribution in [0.15, 0.2) is 0 Å². The number of nitrogens with one attached hydrogen (secondary N) is 1. The summed E-state index contributed by atoms with van der Waals surface area (Å²) >= 11 is 0. The van der Waals surface area contributed by atoms with Crippen LogP contribution in [0.1, 0.15) is 34.6 Å². The highest BCUT2D eigenvalue weighted by Gasteiger charge is 2.31. The lowest BCUT2D eigenvalue weighted by Crippen LogP contribution is -2.60. The van der Waals surface area contributed by atoms with E-state index in [1.54, 1.807) is 7.11 Å². The molecule has 0 aromatic rings. The monoisotopic (exact) mass is 242 g/mol. The number of rotatable bonds is 5. The van der Waals surface area contributed by atoms with E-state index in [4.69, 9.17) is 4.74 Å². The predicted octanol–water partition coefficient (Wildman–Crippen LogP) is 1.98. The van der Waals surface area contributed by atoms with Crippen LogP contribution in [0.5, 0.6) is 0 Å². The third-order valence-corrected chi connectivity index (χ3v) is 3.96. The Labute approximate surface area is 107 Å². The Kier molecular flexibility index (Phi) is 5.90. The third-order valence-electron chi connectivity index (χ3n) is 3.96. The fraction of sp³-hybridized carbons (Fsp3) is 1.00. The van der Waals surface area contributed by atoms with Crippen LogP contribution in [0.2, 0.25) is 0 Å². The van der Waals surface area contributed by atoms with Gasteiger partial charge in [-0.3, -0.25) is 4.90 Å². The second kappa shape index (κ2) is 6.72. The number of piperazine rings is 1. The average molecular weight is 242 g/mol. The van der Waals surface area contributed by atoms with Gasteiger partial charge in [0.05, 0.1) is 6.10 Å². The molecule has 0 amide bonds. The lowest BCUT2D eigenvalue weighted by atomic mass is 9.94. The van der Waals surface area contributed by atoms with Gasteiger partial charge in [-0.1, -0.05) is 27.7 Å². The Morgan fingerprint density at radius 3 is 2.29 bits per heavy atom. The zero-order chi connectivity index (χ0) is 13.0. The van der Waals surface area contributed by atoms with E-state index in [-0.39, 0.29) is 0 Å². The van der Waals surface area contributed by atoms with Gasteiger partial charge in [-0.15, -0.1) is 0 Å². The summed E-state index contributed by atoms with van der Waals surface area (Å²) < 4.78 is 5.41. The first-order valence-corrected chi connectivity index (χ1v) is 6.95. The van der Waals surface area contributed by atoms with Gasteiger partial charge < -0.3 is 10.1 Å². The Balaban J connectivity index is 2.62. The van der Waals surface area contributed by atoms with E-state index in [0.29, 0.717) is 30.0 Å². The molecular weight excluding hydrogens is 212 g/mol. The van der Waals surface area contributed by atoms with Gasteiger partial charge in [0.15, 0.2) is 0 Å². The molecule has 1 rings (SSSR count). The third kappa shape index (κ3) is 4.23. The summed E-state index contributed by atoms with van der Waals surface area (Å²) in [7, 11) is 1.80. The molecule has 3 unspecified atom stereocenters. The Morgan fingerprint density at radius 2 is 1.82 bits per heavy atom. The molecule has 3 nitrogen and oxygen atoms in total. The predicted molar refractivity (Wildman–Crippen MR) is 73.3 cm³/mol. The molecule has 17 heavy (non-hydrogen) atoms. The van der Waals surface area contributed by atoms with Crippen molar-refractivity contribution in [2.75, 3.05) is 26.7 Å². The lowest BCUT2D eigenvalue weighted by Gasteiger charge is -2.44. The summed E-state index contributed by atoms with van der Waals surface area (Å²) in [4.78, 5) is 2.61. The average Bonchev–Trinajstić information content (AvgIpc) is 2.28. The number of ether oxygens (including phenoxy) is 1. The van der Waals surface area contributed by atoms with Crippen molar-refractivity contribution in [3.8, 4) is 0 Å². The van der Waals surface area contributed by atoms with Crippen molar-refractivity contribution in [1.82, 2.24) is 10.2 Å². The molecule has 0 aromatic heterocycles. The SMILES string of the molecule is COC(C)CN1CC(C(C)C)NCC1C(C)C. The lowest BCUT2D eigenvalue weighted by molar-refractivity contribution is 0.0228. The zero-order valence-corrected chi connectivity index (χ0v) is 12.4. The Hall–Kier alpha value is -0.120. The minimum Gasteiger partial charge on any atom is -0.380 e. The van der Waals surface area contributed by atoms with Crippen LogP contribution in [0.4, 0.5) is 0 Å². The fourth-order valence-electron chi connectivity index (χ4n) is 2.57. The quantitative estimate of drug-likeness (QED) is 0.798. The molecule has 102 valence electrons. The van der Waals surface area contributed by atoms with E-state index >= 15 is 0 Å². The minimum atomic E-state index is 0.321. The molecule has 0 aromatic carbocycles. The summed E-state index contributed by atoms with van der Waals surface area (Å²) in [5, 5.41) is 3.69. The molecule has 3 atom stereocenters. The summed E-state index contributed by atoms with van der Waals surface area (Å²) in [5.74, 6) is 1.39. The molecule has 1 aliphatic heterocycles. The minimum absolute atomic E-state index is 0.321. The first-order valence-electron chi connectivity index (χ1n) is 6.95. The molecular formula is C14H30N2O. The van der Waals surface area contributed by atoms with Gasteiger partial charge in [0.25, 0.3) is 0 Å². The number of nitrogens with zero attached hydrogens (tertiary/aromatic N) is 1. The first kappa shape index (κ1) is 14.9. The van der Waals surface area contributed by atoms with Gasteiger partial charge in [-0.05, 0) is 18.8 Å². The fourth-order valence-corrected chi connectivity index (χ4v) is 2.57. The summed E-state index contributed by atoms with van der Waals surface area (Å²) in [5.41, 5.74) is 0. The van der Waals surface area contributed by atoms with Crippen molar-refractivity contribution in [3.63, 3.8) is 0 Å². The smallest absolute Gasteiger partial charge is 0.0670 e. The van der Waals surface area contributed by atoms with Crippen LogP contribution in [-0.4, -0.2) is 49.8 Å². The normalized spacial score (nSPS) is 28.9. The van der Waals surface area contributed by atoms with Crippen LogP contribution in [-0.2, 0) is 4.74 Å². The number of hydrogen-bond acceptors (Lipinski definition) is 3. The standard InChI is InChI=1S/C14H30N2O/c1-10(2)13-9-16(8-12(5)17-6)14(7-15-13)11(3)4/h10-15H,7-9H2,1-6H3. The van der Waals surface area contributed by atoms with Crippen LogP contribution in [0.3, 0.4) is 0 Å². The summed E-state index contributed by atoms with van der Waals surface area (Å²) in [6.07, 6.45) is 0.321. The molecule has 1 aliphatic rings. The van der Waals surface area contributed by atoms with Gasteiger partial charge in [0, 0.05) is 38.8 Å². The van der Waals surface area contributed by atoms with E-state index < -0.39 is 0 Å². The molecule has 0 radical (unpaired) electrons. The molecule has 1 heterocycles. The van der Waals surface area contributed by atoms with Crippen molar-refractivity contribution in [2.45, 2.75) is 52.8 Å². The summed E-state index contributed by atoms with van der Waals surface area (Å²) in [6.45, 7) is 14.7. The molecule has 0 bridgehead atoms. The van der Waals surface area contributed by atoms with E-state index in [9.17, 15) is 0 Å². The van der Waals surface area contributed by atoms with Crippen molar-refractivity contribution in [2.24, 2.45) is 11.8 Å². The van der Waals surface area contributed by atoms with Gasteiger partial charge in [-0.25, -0.2) is 0 Å². The highest BCUT2D eigenvalue weighted by atomic mass is 16.5. The van der Waals surface area contributed by atoms with E-state index in [2.05, 4.69) is 44.8 Å². The maximum Gasteiger partial charge on any atom is 0.0670 e. The van der Waals surface area contributed by atoms with Crippen molar-refractivity contribution >= 4 is 0 Å². The second-order valence-electron chi connectivity index (χ2n) is 6.07. The summed E-state index contributed by atoms with van der Waals surface area (Å²) in [6, 6.07) is 1.26. The molecule has 0 spiro atoms. The second-order valence-corrected chi connectivity index (χ2v) is 6.07. The van der Waals surface area contributed by atoms with Gasteiger partial charge >= 0.3 is 0 Å². The van der Waals surface area contributed by atoms with Crippen LogP contribution in [0, 0.1) is 11.8 Å². The number of hydrogen-bond donors (Lipinski definition) is 1. The van der Waals surface area contributed by atoms with Crippen LogP contribution in [0.25, 0.3) is 0 Å². The van der Waals surface area contributed by atoms with E-state index in [0.717, 1.165) is 19.6 Å². The Bertz CT molecular complexity index is 218. The van der Waals surface area contributed by atoms with Gasteiger partial charge in [-0.2, -0.15) is 0 Å². The molecule has 0 aliphatic carbocycles. The van der Waals surface area contributed by atoms with Gasteiger partial charge in [0.1, 0.15) is 0 Å². The molecule has 1 N–H and O–H groups in total. The molecule has 3 heteroatoms. The van der Waals surface area contributed by atoms with Crippen molar-refractivity contribution < 1.29 is 4.74 Å². The van der Waals surface area contributed by atoms with E-state index in [1.165, 1.54) is 0 Å². The topological polar surface area (TPSA) is 24.5 Å². The van der Waals surface area contributed by atoms with E-state index in [1.807, 2.05) is 0 Å². The molecule has 1 fully saturated rings. The molecule has 0 saturated carbocycles. The highest BCUT2D eigenvalue weighted by Crippen LogP contribution is 2.18. The largest absolute Gasteiger partial charge is 0.380 e.